The normalized spacial score (nSPS) is 11.0. The highest BCUT2D eigenvalue weighted by atomic mass is 32.2. The molecule has 0 aliphatic carbocycles. The number of amides is 1. The number of carbonyl (C=O) groups is 1. The van der Waals surface area contributed by atoms with Crippen molar-refractivity contribution in [3.63, 3.8) is 0 Å². The van der Waals surface area contributed by atoms with Gasteiger partial charge in [0.1, 0.15) is 5.82 Å². The standard InChI is InChI=1S/C20H17FN2O3S/c21-19-12-5-4-7-16(19)14-22-20(24)15-8-6-11-18(13-15)27(25,26)23-17-9-2-1-3-10-17/h1-13,23H,14H2,(H,22,24). The molecule has 1 amide bonds. The first-order chi connectivity index (χ1) is 13.0. The Bertz CT molecular complexity index is 1050. The lowest BCUT2D eigenvalue weighted by atomic mass is 10.2. The molecule has 7 heteroatoms. The van der Waals surface area contributed by atoms with E-state index in [9.17, 15) is 17.6 Å². The van der Waals surface area contributed by atoms with Crippen LogP contribution in [0, 0.1) is 5.82 Å². The SMILES string of the molecule is O=C(NCc1ccccc1F)c1cccc(S(=O)(=O)Nc2ccccc2)c1. The van der Waals surface area contributed by atoms with E-state index in [1.807, 2.05) is 0 Å². The van der Waals surface area contributed by atoms with Gasteiger partial charge in [0.05, 0.1) is 4.90 Å². The molecule has 0 radical (unpaired) electrons. The maximum atomic E-state index is 13.6. The van der Waals surface area contributed by atoms with Crippen molar-refractivity contribution in [2.75, 3.05) is 4.72 Å². The molecule has 27 heavy (non-hydrogen) atoms. The molecule has 0 fully saturated rings. The molecule has 138 valence electrons. The maximum absolute atomic E-state index is 13.6. The van der Waals surface area contributed by atoms with Gasteiger partial charge < -0.3 is 5.32 Å². The Kier molecular flexibility index (Phi) is 5.52. The minimum Gasteiger partial charge on any atom is -0.348 e. The van der Waals surface area contributed by atoms with Crippen LogP contribution < -0.4 is 10.0 Å². The zero-order valence-electron chi connectivity index (χ0n) is 14.2. The van der Waals surface area contributed by atoms with E-state index in [1.54, 1.807) is 48.5 Å². The average Bonchev–Trinajstić information content (AvgIpc) is 2.68. The number of sulfonamides is 1. The van der Waals surface area contributed by atoms with Crippen LogP contribution in [0.2, 0.25) is 0 Å². The first-order valence-electron chi connectivity index (χ1n) is 8.15. The maximum Gasteiger partial charge on any atom is 0.261 e. The van der Waals surface area contributed by atoms with Gasteiger partial charge in [0, 0.05) is 23.4 Å². The summed E-state index contributed by atoms with van der Waals surface area (Å²) in [5.41, 5.74) is 0.939. The van der Waals surface area contributed by atoms with E-state index in [1.165, 1.54) is 30.3 Å². The number of rotatable bonds is 6. The summed E-state index contributed by atoms with van der Waals surface area (Å²) in [5, 5.41) is 2.59. The molecule has 0 aromatic heterocycles. The molecular weight excluding hydrogens is 367 g/mol. The summed E-state index contributed by atoms with van der Waals surface area (Å²) in [6, 6.07) is 20.2. The summed E-state index contributed by atoms with van der Waals surface area (Å²) < 4.78 is 41.1. The Balaban J connectivity index is 1.74. The molecule has 0 saturated carbocycles. The van der Waals surface area contributed by atoms with Crippen molar-refractivity contribution in [1.29, 1.82) is 0 Å². The number of nitrogens with one attached hydrogen (secondary N) is 2. The van der Waals surface area contributed by atoms with Gasteiger partial charge in [0.25, 0.3) is 15.9 Å². The monoisotopic (exact) mass is 384 g/mol. The van der Waals surface area contributed by atoms with Gasteiger partial charge >= 0.3 is 0 Å². The minimum absolute atomic E-state index is 0.00471. The van der Waals surface area contributed by atoms with Gasteiger partial charge in [0.2, 0.25) is 0 Å². The second kappa shape index (κ2) is 8.01. The van der Waals surface area contributed by atoms with Gasteiger partial charge in [-0.1, -0.05) is 42.5 Å². The van der Waals surface area contributed by atoms with Crippen LogP contribution in [0.1, 0.15) is 15.9 Å². The summed E-state index contributed by atoms with van der Waals surface area (Å²) in [7, 11) is -3.83. The van der Waals surface area contributed by atoms with Crippen molar-refractivity contribution >= 4 is 21.6 Å². The van der Waals surface area contributed by atoms with E-state index in [4.69, 9.17) is 0 Å². The highest BCUT2D eigenvalue weighted by Gasteiger charge is 2.16. The summed E-state index contributed by atoms with van der Waals surface area (Å²) >= 11 is 0. The van der Waals surface area contributed by atoms with Crippen LogP contribution in [0.5, 0.6) is 0 Å². The lowest BCUT2D eigenvalue weighted by molar-refractivity contribution is 0.0950. The topological polar surface area (TPSA) is 75.3 Å². The van der Waals surface area contributed by atoms with Gasteiger partial charge in [-0.15, -0.1) is 0 Å². The molecule has 0 spiro atoms. The predicted molar refractivity (Wildman–Crippen MR) is 101 cm³/mol. The number of anilines is 1. The van der Waals surface area contributed by atoms with Crippen LogP contribution >= 0.6 is 0 Å². The van der Waals surface area contributed by atoms with Crippen LogP contribution in [0.15, 0.2) is 83.8 Å². The van der Waals surface area contributed by atoms with E-state index >= 15 is 0 Å². The van der Waals surface area contributed by atoms with Crippen molar-refractivity contribution in [3.05, 3.63) is 95.8 Å². The number of para-hydroxylation sites is 1. The quantitative estimate of drug-likeness (QED) is 0.682. The second-order valence-corrected chi connectivity index (χ2v) is 7.46. The highest BCUT2D eigenvalue weighted by molar-refractivity contribution is 7.92. The number of halogens is 1. The summed E-state index contributed by atoms with van der Waals surface area (Å²) in [5.74, 6) is -0.906. The Morgan fingerprint density at radius 2 is 1.59 bits per heavy atom. The zero-order valence-corrected chi connectivity index (χ0v) is 15.0. The Morgan fingerprint density at radius 3 is 2.33 bits per heavy atom. The third-order valence-electron chi connectivity index (χ3n) is 3.83. The first-order valence-corrected chi connectivity index (χ1v) is 9.63. The van der Waals surface area contributed by atoms with Crippen LogP contribution in [0.4, 0.5) is 10.1 Å². The molecule has 3 aromatic rings. The van der Waals surface area contributed by atoms with Crippen LogP contribution in [-0.4, -0.2) is 14.3 Å². The zero-order chi connectivity index (χ0) is 19.3. The fourth-order valence-corrected chi connectivity index (χ4v) is 3.55. The first kappa shape index (κ1) is 18.6. The molecule has 3 aromatic carbocycles. The molecular formula is C20H17FN2O3S. The van der Waals surface area contributed by atoms with Crippen LogP contribution in [0.25, 0.3) is 0 Å². The van der Waals surface area contributed by atoms with Crippen molar-refractivity contribution in [1.82, 2.24) is 5.32 Å². The van der Waals surface area contributed by atoms with Crippen molar-refractivity contribution in [2.24, 2.45) is 0 Å². The Morgan fingerprint density at radius 1 is 0.889 bits per heavy atom. The smallest absolute Gasteiger partial charge is 0.261 e. The lowest BCUT2D eigenvalue weighted by Crippen LogP contribution is -2.23. The van der Waals surface area contributed by atoms with E-state index in [0.29, 0.717) is 11.3 Å². The number of hydrogen-bond donors (Lipinski definition) is 2. The Labute approximate surface area is 156 Å². The molecule has 0 bridgehead atoms. The van der Waals surface area contributed by atoms with Gasteiger partial charge in [-0.3, -0.25) is 9.52 Å². The number of hydrogen-bond acceptors (Lipinski definition) is 3. The lowest BCUT2D eigenvalue weighted by Gasteiger charge is -2.10. The van der Waals surface area contributed by atoms with E-state index in [0.717, 1.165) is 0 Å². The fourth-order valence-electron chi connectivity index (χ4n) is 2.44. The second-order valence-electron chi connectivity index (χ2n) is 5.77. The molecule has 5 nitrogen and oxygen atoms in total. The van der Waals surface area contributed by atoms with Gasteiger partial charge in [-0.2, -0.15) is 0 Å². The largest absolute Gasteiger partial charge is 0.348 e. The Hall–Kier alpha value is -3.19. The van der Waals surface area contributed by atoms with Crippen molar-refractivity contribution < 1.29 is 17.6 Å². The third-order valence-corrected chi connectivity index (χ3v) is 5.21. The molecule has 2 N–H and O–H groups in total. The molecule has 0 saturated heterocycles. The number of carbonyl (C=O) groups excluding carboxylic acids is 1. The third kappa shape index (κ3) is 4.71. The van der Waals surface area contributed by atoms with E-state index in [2.05, 4.69) is 10.0 Å². The van der Waals surface area contributed by atoms with Crippen LogP contribution in [-0.2, 0) is 16.6 Å². The van der Waals surface area contributed by atoms with Gasteiger partial charge in [0.15, 0.2) is 0 Å². The summed E-state index contributed by atoms with van der Waals surface area (Å²) in [6.07, 6.45) is 0. The molecule has 0 atom stereocenters. The van der Waals surface area contributed by atoms with Crippen molar-refractivity contribution in [3.8, 4) is 0 Å². The summed E-state index contributed by atoms with van der Waals surface area (Å²) in [4.78, 5) is 12.3. The molecule has 0 unspecified atom stereocenters. The minimum atomic E-state index is -3.83. The van der Waals surface area contributed by atoms with E-state index < -0.39 is 21.7 Å². The van der Waals surface area contributed by atoms with Crippen molar-refractivity contribution in [2.45, 2.75) is 11.4 Å². The predicted octanol–water partition coefficient (Wildman–Crippen LogP) is 3.56. The van der Waals surface area contributed by atoms with Gasteiger partial charge in [-0.05, 0) is 36.4 Å². The molecule has 0 heterocycles. The van der Waals surface area contributed by atoms with E-state index in [-0.39, 0.29) is 17.0 Å². The molecule has 0 aliphatic rings. The summed E-state index contributed by atoms with van der Waals surface area (Å²) in [6.45, 7) is 0.00471. The molecule has 3 rings (SSSR count). The average molecular weight is 384 g/mol. The van der Waals surface area contributed by atoms with Crippen LogP contribution in [0.3, 0.4) is 0 Å². The fraction of sp³-hybridized carbons (Fsp3) is 0.0500. The highest BCUT2D eigenvalue weighted by Crippen LogP contribution is 2.17. The van der Waals surface area contributed by atoms with Gasteiger partial charge in [-0.25, -0.2) is 12.8 Å². The molecule has 0 aliphatic heterocycles. The number of benzene rings is 3.